The first-order chi connectivity index (χ1) is 26.4. The summed E-state index contributed by atoms with van der Waals surface area (Å²) in [7, 11) is 1.39. The number of hydrogen-bond donors (Lipinski definition) is 4. The summed E-state index contributed by atoms with van der Waals surface area (Å²) in [6.07, 6.45) is 17.3. The fraction of sp³-hybridized carbons (Fsp3) is 0.457. The van der Waals surface area contributed by atoms with Crippen molar-refractivity contribution < 1.29 is 19.7 Å². The summed E-state index contributed by atoms with van der Waals surface area (Å²) in [5, 5.41) is 23.6. The molecule has 2 aliphatic heterocycles. The third-order valence-electron chi connectivity index (χ3n) is 11.0. The monoisotopic (exact) mass is 730 g/mol. The van der Waals surface area contributed by atoms with Crippen molar-refractivity contribution in [2.75, 3.05) is 7.11 Å². The van der Waals surface area contributed by atoms with E-state index in [9.17, 15) is 15.0 Å². The minimum absolute atomic E-state index is 0.383. The molecule has 2 aliphatic rings. The minimum Gasteiger partial charge on any atom is -0.465 e. The number of aromatic amines is 2. The van der Waals surface area contributed by atoms with Crippen molar-refractivity contribution in [1.82, 2.24) is 19.9 Å². The molecule has 1 aromatic carbocycles. The van der Waals surface area contributed by atoms with Crippen LogP contribution in [0.25, 0.3) is 45.3 Å². The summed E-state index contributed by atoms with van der Waals surface area (Å²) in [6, 6.07) is 16.0. The zero-order valence-electron chi connectivity index (χ0n) is 32.6. The number of methoxy groups -OCH3 is 1. The molecule has 4 aromatic rings. The van der Waals surface area contributed by atoms with E-state index in [0.717, 1.165) is 133 Å². The Morgan fingerprint density at radius 3 is 1.65 bits per heavy atom. The Kier molecular flexibility index (Phi) is 13.5. The number of aromatic nitrogens is 4. The molecule has 4 N–H and O–H groups in total. The van der Waals surface area contributed by atoms with Gasteiger partial charge in [-0.1, -0.05) is 90.7 Å². The van der Waals surface area contributed by atoms with Crippen LogP contribution in [-0.4, -0.2) is 43.2 Å². The first-order valence-electron chi connectivity index (χ1n) is 20.4. The molecular weight excluding hydrogens is 673 g/mol. The normalized spacial score (nSPS) is 15.2. The molecule has 5 heterocycles. The van der Waals surface area contributed by atoms with E-state index in [0.29, 0.717) is 23.4 Å². The van der Waals surface area contributed by atoms with E-state index in [2.05, 4.69) is 55.0 Å². The molecule has 8 heteroatoms. The standard InChI is InChI=1S/C46H58N4O4/c1-5-8-11-14-17-32-35-24-25-37(47-35)33(18-15-12-9-6-2)42-44(51)45(52)43(50-42)34(19-16-13-10-7-3)38-27-29-40(49-38)41(39-28-26-36(32)48-39)30-20-22-31(23-21-30)46(53)54-4/h20-29,44-45,47-48,51-52H,5-19H2,1-4H3. The molecule has 3 aromatic heterocycles. The van der Waals surface area contributed by atoms with Crippen molar-refractivity contribution >= 4 is 40.2 Å². The van der Waals surface area contributed by atoms with Gasteiger partial charge in [-0.15, -0.1) is 0 Å². The highest BCUT2D eigenvalue weighted by atomic mass is 16.5. The third-order valence-corrected chi connectivity index (χ3v) is 11.0. The number of H-pyrrole nitrogens is 2. The highest BCUT2D eigenvalue weighted by Gasteiger charge is 2.34. The van der Waals surface area contributed by atoms with E-state index < -0.39 is 12.2 Å². The fourth-order valence-corrected chi connectivity index (χ4v) is 7.91. The number of esters is 1. The molecule has 0 fully saturated rings. The number of nitrogens with one attached hydrogen (secondary N) is 2. The predicted molar refractivity (Wildman–Crippen MR) is 220 cm³/mol. The lowest BCUT2D eigenvalue weighted by Gasteiger charge is -2.13. The molecule has 8 bridgehead atoms. The van der Waals surface area contributed by atoms with Gasteiger partial charge < -0.3 is 24.9 Å². The molecule has 0 spiro atoms. The Morgan fingerprint density at radius 1 is 0.593 bits per heavy atom. The maximum absolute atomic E-state index is 12.4. The first-order valence-corrected chi connectivity index (χ1v) is 20.4. The van der Waals surface area contributed by atoms with Gasteiger partial charge in [0.25, 0.3) is 0 Å². The zero-order chi connectivity index (χ0) is 38.0. The summed E-state index contributed by atoms with van der Waals surface area (Å²) in [5.41, 5.74) is 11.8. The van der Waals surface area contributed by atoms with Gasteiger partial charge in [0.2, 0.25) is 0 Å². The van der Waals surface area contributed by atoms with Gasteiger partial charge in [-0.05, 0) is 104 Å². The maximum Gasteiger partial charge on any atom is 0.337 e. The largest absolute Gasteiger partial charge is 0.465 e. The molecule has 0 amide bonds. The number of ether oxygens (including phenoxy) is 1. The number of carbonyl (C=O) groups excluding carboxylic acids is 1. The van der Waals surface area contributed by atoms with Crippen LogP contribution in [0.4, 0.5) is 0 Å². The highest BCUT2D eigenvalue weighted by Crippen LogP contribution is 2.39. The average Bonchev–Trinajstić information content (AvgIpc) is 4.02. The van der Waals surface area contributed by atoms with Gasteiger partial charge in [-0.3, -0.25) is 4.98 Å². The van der Waals surface area contributed by atoms with Crippen LogP contribution >= 0.6 is 0 Å². The van der Waals surface area contributed by atoms with Crippen LogP contribution in [0.5, 0.6) is 0 Å². The lowest BCUT2D eigenvalue weighted by molar-refractivity contribution is 0.0244. The van der Waals surface area contributed by atoms with Gasteiger partial charge >= 0.3 is 5.97 Å². The van der Waals surface area contributed by atoms with Crippen molar-refractivity contribution in [2.45, 2.75) is 129 Å². The summed E-state index contributed by atoms with van der Waals surface area (Å²) in [6.45, 7) is 6.65. The molecule has 54 heavy (non-hydrogen) atoms. The topological polar surface area (TPSA) is 124 Å². The number of aliphatic hydroxyl groups is 2. The molecule has 0 radical (unpaired) electrons. The van der Waals surface area contributed by atoms with Gasteiger partial charge in [0.05, 0.1) is 35.4 Å². The van der Waals surface area contributed by atoms with Crippen LogP contribution < -0.4 is 0 Å². The van der Waals surface area contributed by atoms with Crippen molar-refractivity contribution in [3.8, 4) is 11.1 Å². The Labute approximate surface area is 320 Å². The molecule has 0 aliphatic carbocycles. The van der Waals surface area contributed by atoms with Crippen molar-refractivity contribution in [2.24, 2.45) is 0 Å². The summed E-state index contributed by atoms with van der Waals surface area (Å²) >= 11 is 0. The second kappa shape index (κ2) is 18.7. The number of rotatable bonds is 17. The number of carbonyl (C=O) groups is 1. The summed E-state index contributed by atoms with van der Waals surface area (Å²) in [4.78, 5) is 30.3. The maximum atomic E-state index is 12.4. The lowest BCUT2D eigenvalue weighted by Crippen LogP contribution is -2.08. The number of aryl methyl sites for hydroxylation is 2. The summed E-state index contributed by atoms with van der Waals surface area (Å²) in [5.74, 6) is -0.383. The third kappa shape index (κ3) is 8.71. The molecule has 8 nitrogen and oxygen atoms in total. The van der Waals surface area contributed by atoms with Crippen LogP contribution in [0.2, 0.25) is 0 Å². The van der Waals surface area contributed by atoms with Crippen LogP contribution in [0.3, 0.4) is 0 Å². The second-order valence-electron chi connectivity index (χ2n) is 14.9. The quantitative estimate of drug-likeness (QED) is 0.0558. The Hall–Kier alpha value is -4.53. The summed E-state index contributed by atoms with van der Waals surface area (Å²) < 4.78 is 4.98. The zero-order valence-corrected chi connectivity index (χ0v) is 32.6. The molecular formula is C46H58N4O4. The molecule has 6 rings (SSSR count). The van der Waals surface area contributed by atoms with E-state index in [-0.39, 0.29) is 5.97 Å². The van der Waals surface area contributed by atoms with E-state index in [1.54, 1.807) is 12.1 Å². The van der Waals surface area contributed by atoms with Crippen molar-refractivity contribution in [3.05, 3.63) is 93.6 Å². The number of benzene rings is 1. The molecule has 286 valence electrons. The molecule has 2 unspecified atom stereocenters. The lowest BCUT2D eigenvalue weighted by atomic mass is 9.98. The van der Waals surface area contributed by atoms with Gasteiger partial charge in [0, 0.05) is 33.2 Å². The smallest absolute Gasteiger partial charge is 0.337 e. The van der Waals surface area contributed by atoms with Crippen LogP contribution in [0.1, 0.15) is 160 Å². The number of nitrogens with zero attached hydrogens (tertiary/aromatic N) is 2. The highest BCUT2D eigenvalue weighted by molar-refractivity contribution is 5.94. The second-order valence-corrected chi connectivity index (χ2v) is 14.9. The number of unbranched alkanes of at least 4 members (excludes halogenated alkanes) is 9. The number of hydrogen-bond acceptors (Lipinski definition) is 6. The van der Waals surface area contributed by atoms with Gasteiger partial charge in [-0.2, -0.15) is 0 Å². The van der Waals surface area contributed by atoms with Gasteiger partial charge in [0.1, 0.15) is 12.2 Å². The van der Waals surface area contributed by atoms with Crippen LogP contribution in [-0.2, 0) is 24.0 Å². The molecule has 0 saturated heterocycles. The fourth-order valence-electron chi connectivity index (χ4n) is 7.91. The molecule has 0 saturated carbocycles. The average molecular weight is 731 g/mol. The van der Waals surface area contributed by atoms with E-state index in [1.165, 1.54) is 25.5 Å². The van der Waals surface area contributed by atoms with Gasteiger partial charge in [-0.25, -0.2) is 9.78 Å². The minimum atomic E-state index is -1.15. The van der Waals surface area contributed by atoms with E-state index >= 15 is 0 Å². The van der Waals surface area contributed by atoms with E-state index in [1.807, 2.05) is 24.3 Å². The van der Waals surface area contributed by atoms with E-state index in [4.69, 9.17) is 14.7 Å². The Morgan fingerprint density at radius 2 is 1.07 bits per heavy atom. The van der Waals surface area contributed by atoms with Crippen LogP contribution in [0, 0.1) is 0 Å². The Bertz CT molecular complexity index is 2090. The van der Waals surface area contributed by atoms with Gasteiger partial charge in [0.15, 0.2) is 0 Å². The number of fused-ring (bicyclic) bond motifs is 8. The predicted octanol–water partition coefficient (Wildman–Crippen LogP) is 11.1. The SMILES string of the molecule is CCCCCCc1c2nc(c(-c3ccc(C(=O)OC)cc3)c3ccc([nH]3)c(CCCCCC)c3ccc([nH]3)c(CCCCCC)c3nc1C(O)C3O)C=C2. The van der Waals surface area contributed by atoms with Crippen LogP contribution in [0.15, 0.2) is 48.5 Å². The van der Waals surface area contributed by atoms with Crippen molar-refractivity contribution in [1.29, 1.82) is 0 Å². The van der Waals surface area contributed by atoms with Crippen molar-refractivity contribution in [3.63, 3.8) is 0 Å². The molecule has 2 atom stereocenters. The Balaban J connectivity index is 1.68. The number of aliphatic hydroxyl groups excluding tert-OH is 2. The first kappa shape index (κ1) is 39.2.